The third-order valence-corrected chi connectivity index (χ3v) is 7.79. The van der Waals surface area contributed by atoms with Gasteiger partial charge in [-0.3, -0.25) is 0 Å². The van der Waals surface area contributed by atoms with Crippen molar-refractivity contribution in [3.63, 3.8) is 0 Å². The van der Waals surface area contributed by atoms with E-state index in [1.807, 2.05) is 20.8 Å². The Labute approximate surface area is 201 Å². The van der Waals surface area contributed by atoms with Crippen LogP contribution in [-0.4, -0.2) is 83.7 Å². The summed E-state index contributed by atoms with van der Waals surface area (Å²) in [7, 11) is -2.27. The lowest BCUT2D eigenvalue weighted by Crippen LogP contribution is -2.51. The molecule has 3 atom stereocenters. The van der Waals surface area contributed by atoms with Gasteiger partial charge in [-0.15, -0.1) is 0 Å². The van der Waals surface area contributed by atoms with E-state index in [2.05, 4.69) is 15.3 Å². The SMILES string of the molecule is CC(C)NC(=O)N(C)C[C@H]1Oc2cc(-c3cncnc3)ccc2S(=O)(=O)N([C@@H](C)CO)C[C@H]1C. The largest absolute Gasteiger partial charge is 0.487 e. The number of nitrogens with one attached hydrogen (secondary N) is 1. The zero-order valence-electron chi connectivity index (χ0n) is 20.2. The molecule has 2 heterocycles. The Balaban J connectivity index is 2.06. The molecule has 2 aromatic rings. The maximum absolute atomic E-state index is 13.6. The van der Waals surface area contributed by atoms with E-state index in [0.717, 1.165) is 0 Å². The first-order valence-electron chi connectivity index (χ1n) is 11.2. The molecule has 0 aliphatic carbocycles. The second kappa shape index (κ2) is 10.7. The second-order valence-electron chi connectivity index (χ2n) is 9.01. The van der Waals surface area contributed by atoms with E-state index < -0.39 is 22.2 Å². The van der Waals surface area contributed by atoms with Gasteiger partial charge in [-0.1, -0.05) is 13.0 Å². The lowest BCUT2D eigenvalue weighted by molar-refractivity contribution is 0.0810. The van der Waals surface area contributed by atoms with Gasteiger partial charge in [-0.25, -0.2) is 23.2 Å². The molecule has 1 aromatic carbocycles. The fraction of sp³-hybridized carbons (Fsp3) is 0.522. The molecular formula is C23H33N5O5S. The smallest absolute Gasteiger partial charge is 0.317 e. The lowest BCUT2D eigenvalue weighted by atomic mass is 10.0. The first kappa shape index (κ1) is 25.9. The fourth-order valence-electron chi connectivity index (χ4n) is 3.78. The Morgan fingerprint density at radius 2 is 1.94 bits per heavy atom. The Morgan fingerprint density at radius 3 is 2.56 bits per heavy atom. The second-order valence-corrected chi connectivity index (χ2v) is 10.9. The Morgan fingerprint density at radius 1 is 1.26 bits per heavy atom. The Bertz CT molecular complexity index is 1100. The highest BCUT2D eigenvalue weighted by Crippen LogP contribution is 2.36. The summed E-state index contributed by atoms with van der Waals surface area (Å²) in [6.07, 6.45) is 4.20. The molecule has 0 bridgehead atoms. The van der Waals surface area contributed by atoms with Gasteiger partial charge in [0.1, 0.15) is 23.1 Å². The van der Waals surface area contributed by atoms with Crippen molar-refractivity contribution in [1.82, 2.24) is 24.5 Å². The number of urea groups is 1. The highest BCUT2D eigenvalue weighted by Gasteiger charge is 2.38. The van der Waals surface area contributed by atoms with Crippen LogP contribution in [0.4, 0.5) is 4.79 Å². The number of likely N-dealkylation sites (N-methyl/N-ethyl adjacent to an activating group) is 1. The van der Waals surface area contributed by atoms with Crippen LogP contribution in [0.15, 0.2) is 41.8 Å². The quantitative estimate of drug-likeness (QED) is 0.633. The van der Waals surface area contributed by atoms with Crippen LogP contribution >= 0.6 is 0 Å². The molecule has 0 fully saturated rings. The van der Waals surface area contributed by atoms with Crippen LogP contribution in [0, 0.1) is 5.92 Å². The molecule has 11 heteroatoms. The molecule has 1 aliphatic rings. The number of hydrogen-bond donors (Lipinski definition) is 2. The highest BCUT2D eigenvalue weighted by atomic mass is 32.2. The fourth-order valence-corrected chi connectivity index (χ4v) is 5.61. The van der Waals surface area contributed by atoms with Crippen LogP contribution in [0.25, 0.3) is 11.1 Å². The number of carbonyl (C=O) groups excluding carboxylic acids is 1. The van der Waals surface area contributed by atoms with Crippen LogP contribution in [0.2, 0.25) is 0 Å². The van der Waals surface area contributed by atoms with Gasteiger partial charge in [-0.2, -0.15) is 4.31 Å². The molecule has 0 spiro atoms. The van der Waals surface area contributed by atoms with Crippen molar-refractivity contribution in [1.29, 1.82) is 0 Å². The van der Waals surface area contributed by atoms with Gasteiger partial charge in [-0.05, 0) is 38.5 Å². The maximum Gasteiger partial charge on any atom is 0.317 e. The number of rotatable bonds is 6. The van der Waals surface area contributed by atoms with Crippen molar-refractivity contribution in [2.24, 2.45) is 5.92 Å². The molecule has 10 nitrogen and oxygen atoms in total. The van der Waals surface area contributed by atoms with Gasteiger partial charge in [0.05, 0.1) is 13.2 Å². The van der Waals surface area contributed by atoms with E-state index in [0.29, 0.717) is 11.1 Å². The van der Waals surface area contributed by atoms with Crippen LogP contribution < -0.4 is 10.1 Å². The van der Waals surface area contributed by atoms with Gasteiger partial charge in [0, 0.05) is 49.6 Å². The molecular weight excluding hydrogens is 458 g/mol. The molecule has 3 rings (SSSR count). The maximum atomic E-state index is 13.6. The van der Waals surface area contributed by atoms with Crippen molar-refractivity contribution in [2.75, 3.05) is 26.7 Å². The third-order valence-electron chi connectivity index (χ3n) is 5.77. The molecule has 1 aliphatic heterocycles. The van der Waals surface area contributed by atoms with Gasteiger partial charge in [0.2, 0.25) is 10.0 Å². The Kier molecular flexibility index (Phi) is 8.11. The third kappa shape index (κ3) is 5.65. The Hall–Kier alpha value is -2.76. The average molecular weight is 492 g/mol. The monoisotopic (exact) mass is 491 g/mol. The summed E-state index contributed by atoms with van der Waals surface area (Å²) in [6, 6.07) is 3.97. The first-order valence-corrected chi connectivity index (χ1v) is 12.7. The number of sulfonamides is 1. The van der Waals surface area contributed by atoms with Crippen molar-refractivity contribution in [2.45, 2.75) is 50.8 Å². The zero-order valence-corrected chi connectivity index (χ0v) is 21.0. The molecule has 34 heavy (non-hydrogen) atoms. The first-order chi connectivity index (χ1) is 16.0. The van der Waals surface area contributed by atoms with E-state index in [9.17, 15) is 18.3 Å². The average Bonchev–Trinajstić information content (AvgIpc) is 2.80. The molecule has 0 unspecified atom stereocenters. The number of carbonyl (C=O) groups is 1. The number of ether oxygens (including phenoxy) is 1. The standard InChI is InChI=1S/C23H33N5O5S/c1-15(2)26-23(30)27(5)12-21-16(3)11-28(17(4)13-29)34(31,32)22-7-6-18(8-20(22)33-21)19-9-24-14-25-10-19/h6-10,14-17,21,29H,11-13H2,1-5H3,(H,26,30)/t16-,17+,21-/m1/s1. The summed E-state index contributed by atoms with van der Waals surface area (Å²) in [6.45, 7) is 7.38. The van der Waals surface area contributed by atoms with Crippen LogP contribution in [0.1, 0.15) is 27.7 Å². The topological polar surface area (TPSA) is 125 Å². The molecule has 2 N–H and O–H groups in total. The summed E-state index contributed by atoms with van der Waals surface area (Å²) < 4.78 is 34.7. The molecule has 1 aromatic heterocycles. The molecule has 2 amide bonds. The van der Waals surface area contributed by atoms with E-state index >= 15 is 0 Å². The normalized spacial score (nSPS) is 21.0. The molecule has 0 saturated carbocycles. The molecule has 0 saturated heterocycles. The van der Waals surface area contributed by atoms with Gasteiger partial charge in [0.25, 0.3) is 0 Å². The number of aliphatic hydroxyl groups excluding tert-OH is 1. The molecule has 186 valence electrons. The van der Waals surface area contributed by atoms with E-state index in [1.165, 1.54) is 21.6 Å². The summed E-state index contributed by atoms with van der Waals surface area (Å²) in [5, 5.41) is 12.6. The van der Waals surface area contributed by atoms with Crippen molar-refractivity contribution in [3.8, 4) is 16.9 Å². The number of nitrogens with zero attached hydrogens (tertiary/aromatic N) is 4. The van der Waals surface area contributed by atoms with Crippen molar-refractivity contribution < 1.29 is 23.1 Å². The summed E-state index contributed by atoms with van der Waals surface area (Å²) >= 11 is 0. The van der Waals surface area contributed by atoms with E-state index in [4.69, 9.17) is 4.74 Å². The summed E-state index contributed by atoms with van der Waals surface area (Å²) in [5.41, 5.74) is 1.42. The zero-order chi connectivity index (χ0) is 25.0. The van der Waals surface area contributed by atoms with E-state index in [-0.39, 0.29) is 48.3 Å². The van der Waals surface area contributed by atoms with Crippen LogP contribution in [-0.2, 0) is 10.0 Å². The van der Waals surface area contributed by atoms with Crippen molar-refractivity contribution in [3.05, 3.63) is 36.9 Å². The lowest BCUT2D eigenvalue weighted by Gasteiger charge is -2.37. The number of amides is 2. The van der Waals surface area contributed by atoms with Crippen LogP contribution in [0.3, 0.4) is 0 Å². The van der Waals surface area contributed by atoms with Gasteiger partial charge in [0.15, 0.2) is 0 Å². The molecule has 0 radical (unpaired) electrons. The number of hydrogen-bond acceptors (Lipinski definition) is 7. The summed E-state index contributed by atoms with van der Waals surface area (Å²) in [5.74, 6) is -0.0827. The van der Waals surface area contributed by atoms with E-state index in [1.54, 1.807) is 38.5 Å². The number of benzene rings is 1. The van der Waals surface area contributed by atoms with Gasteiger partial charge < -0.3 is 20.1 Å². The highest BCUT2D eigenvalue weighted by molar-refractivity contribution is 7.89. The van der Waals surface area contributed by atoms with Gasteiger partial charge >= 0.3 is 6.03 Å². The number of fused-ring (bicyclic) bond motifs is 1. The summed E-state index contributed by atoms with van der Waals surface area (Å²) in [4.78, 5) is 22.1. The minimum absolute atomic E-state index is 0.0135. The minimum atomic E-state index is -3.95. The predicted molar refractivity (Wildman–Crippen MR) is 128 cm³/mol. The minimum Gasteiger partial charge on any atom is -0.487 e. The van der Waals surface area contributed by atoms with Crippen LogP contribution in [0.5, 0.6) is 5.75 Å². The van der Waals surface area contributed by atoms with Crippen molar-refractivity contribution >= 4 is 16.1 Å². The number of aromatic nitrogens is 2. The number of aliphatic hydroxyl groups is 1. The predicted octanol–water partition coefficient (Wildman–Crippen LogP) is 1.96.